The van der Waals surface area contributed by atoms with Crippen molar-refractivity contribution in [2.24, 2.45) is 0 Å². The molecule has 0 unspecified atom stereocenters. The van der Waals surface area contributed by atoms with Gasteiger partial charge >= 0.3 is 0 Å². The Kier molecular flexibility index (Phi) is 6.54. The van der Waals surface area contributed by atoms with Crippen LogP contribution in [0.1, 0.15) is 41.5 Å². The molecule has 1 amide bonds. The molecule has 0 atom stereocenters. The summed E-state index contributed by atoms with van der Waals surface area (Å²) in [5.74, 6) is 1.08. The van der Waals surface area contributed by atoms with Crippen LogP contribution < -0.4 is 15.4 Å². The van der Waals surface area contributed by atoms with Gasteiger partial charge in [-0.25, -0.2) is 9.97 Å². The highest BCUT2D eigenvalue weighted by Gasteiger charge is 2.10. The minimum absolute atomic E-state index is 0.213. The smallest absolute Gasteiger partial charge is 0.270 e. The number of anilines is 1. The lowest BCUT2D eigenvalue weighted by atomic mass is 10.2. The zero-order chi connectivity index (χ0) is 17.4. The zero-order valence-electron chi connectivity index (χ0n) is 14.4. The molecule has 24 heavy (non-hydrogen) atoms. The number of methoxy groups -OCH3 is 1. The van der Waals surface area contributed by atoms with E-state index < -0.39 is 0 Å². The number of rotatable bonds is 8. The Morgan fingerprint density at radius 3 is 2.62 bits per heavy atom. The first-order chi connectivity index (χ1) is 11.6. The summed E-state index contributed by atoms with van der Waals surface area (Å²) in [6.45, 7) is 5.21. The third kappa shape index (κ3) is 5.22. The molecule has 128 valence electrons. The van der Waals surface area contributed by atoms with Crippen LogP contribution in [0.2, 0.25) is 0 Å². The highest BCUT2D eigenvalue weighted by Crippen LogP contribution is 2.11. The number of amides is 1. The van der Waals surface area contributed by atoms with Gasteiger partial charge in [0.1, 0.15) is 11.4 Å². The summed E-state index contributed by atoms with van der Waals surface area (Å²) in [5, 5.41) is 6.03. The molecule has 1 aromatic heterocycles. The normalized spacial score (nSPS) is 10.3. The van der Waals surface area contributed by atoms with Crippen LogP contribution in [0, 0.1) is 6.92 Å². The molecule has 0 saturated heterocycles. The Balaban J connectivity index is 1.97. The van der Waals surface area contributed by atoms with E-state index in [4.69, 9.17) is 4.74 Å². The maximum atomic E-state index is 12.3. The predicted octanol–water partition coefficient (Wildman–Crippen LogP) is 2.94. The maximum absolute atomic E-state index is 12.3. The van der Waals surface area contributed by atoms with Crippen LogP contribution in [0.15, 0.2) is 30.3 Å². The molecule has 2 rings (SSSR count). The van der Waals surface area contributed by atoms with Crippen molar-refractivity contribution in [2.75, 3.05) is 19.0 Å². The SMILES string of the molecule is CCCCNc1nc(C)cc(C(=O)NCc2ccc(OC)cc2)n1. The van der Waals surface area contributed by atoms with Crippen LogP contribution >= 0.6 is 0 Å². The predicted molar refractivity (Wildman–Crippen MR) is 94.3 cm³/mol. The lowest BCUT2D eigenvalue weighted by Crippen LogP contribution is -2.24. The summed E-state index contributed by atoms with van der Waals surface area (Å²) in [6.07, 6.45) is 2.13. The Hall–Kier alpha value is -2.63. The van der Waals surface area contributed by atoms with E-state index in [1.807, 2.05) is 31.2 Å². The van der Waals surface area contributed by atoms with Gasteiger partial charge in [-0.05, 0) is 37.1 Å². The monoisotopic (exact) mass is 328 g/mol. The van der Waals surface area contributed by atoms with Crippen molar-refractivity contribution in [2.45, 2.75) is 33.2 Å². The lowest BCUT2D eigenvalue weighted by Gasteiger charge is -2.09. The van der Waals surface area contributed by atoms with Crippen LogP contribution in [0.25, 0.3) is 0 Å². The number of unbranched alkanes of at least 4 members (excludes halogenated alkanes) is 1. The first kappa shape index (κ1) is 17.7. The van der Waals surface area contributed by atoms with Gasteiger partial charge in [-0.2, -0.15) is 0 Å². The highest BCUT2D eigenvalue weighted by atomic mass is 16.5. The van der Waals surface area contributed by atoms with Gasteiger partial charge in [0.25, 0.3) is 5.91 Å². The number of nitrogens with zero attached hydrogens (tertiary/aromatic N) is 2. The molecule has 0 radical (unpaired) electrons. The van der Waals surface area contributed by atoms with Crippen LogP contribution in [0.4, 0.5) is 5.95 Å². The molecular formula is C18H24N4O2. The highest BCUT2D eigenvalue weighted by molar-refractivity contribution is 5.92. The largest absolute Gasteiger partial charge is 0.497 e. The molecule has 0 spiro atoms. The van der Waals surface area contributed by atoms with Gasteiger partial charge in [0.2, 0.25) is 5.95 Å². The number of nitrogens with one attached hydrogen (secondary N) is 2. The fourth-order valence-corrected chi connectivity index (χ4v) is 2.16. The number of hydrogen-bond donors (Lipinski definition) is 2. The topological polar surface area (TPSA) is 76.1 Å². The van der Waals surface area contributed by atoms with Crippen LogP contribution in [-0.4, -0.2) is 29.5 Å². The summed E-state index contributed by atoms with van der Waals surface area (Å²) in [6, 6.07) is 9.26. The Labute approximate surface area is 142 Å². The molecule has 6 heteroatoms. The second-order valence-corrected chi connectivity index (χ2v) is 5.53. The molecule has 0 aliphatic heterocycles. The third-order valence-electron chi connectivity index (χ3n) is 3.51. The lowest BCUT2D eigenvalue weighted by molar-refractivity contribution is 0.0945. The van der Waals surface area contributed by atoms with Gasteiger partial charge in [-0.3, -0.25) is 4.79 Å². The average molecular weight is 328 g/mol. The summed E-state index contributed by atoms with van der Waals surface area (Å²) in [5.41, 5.74) is 2.13. The van der Waals surface area contributed by atoms with Crippen molar-refractivity contribution < 1.29 is 9.53 Å². The minimum atomic E-state index is -0.213. The third-order valence-corrected chi connectivity index (χ3v) is 3.51. The Morgan fingerprint density at radius 2 is 1.96 bits per heavy atom. The van der Waals surface area contributed by atoms with E-state index in [0.717, 1.165) is 36.4 Å². The first-order valence-corrected chi connectivity index (χ1v) is 8.13. The zero-order valence-corrected chi connectivity index (χ0v) is 14.4. The molecule has 0 bridgehead atoms. The Bertz CT molecular complexity index is 671. The van der Waals surface area contributed by atoms with Crippen molar-refractivity contribution in [3.8, 4) is 5.75 Å². The van der Waals surface area contributed by atoms with Crippen molar-refractivity contribution in [3.63, 3.8) is 0 Å². The summed E-state index contributed by atoms with van der Waals surface area (Å²) >= 11 is 0. The number of carbonyl (C=O) groups is 1. The van der Waals surface area contributed by atoms with Gasteiger partial charge in [-0.15, -0.1) is 0 Å². The van der Waals surface area contributed by atoms with Crippen molar-refractivity contribution in [3.05, 3.63) is 47.3 Å². The second kappa shape index (κ2) is 8.86. The standard InChI is InChI=1S/C18H24N4O2/c1-4-5-10-19-18-21-13(2)11-16(22-18)17(23)20-12-14-6-8-15(24-3)9-7-14/h6-9,11H,4-5,10,12H2,1-3H3,(H,20,23)(H,19,21,22). The molecule has 2 N–H and O–H groups in total. The number of ether oxygens (including phenoxy) is 1. The van der Waals surface area contributed by atoms with Crippen molar-refractivity contribution in [1.82, 2.24) is 15.3 Å². The summed E-state index contributed by atoms with van der Waals surface area (Å²) < 4.78 is 5.12. The number of aryl methyl sites for hydroxylation is 1. The molecule has 0 fully saturated rings. The number of aromatic nitrogens is 2. The van der Waals surface area contributed by atoms with Crippen LogP contribution in [-0.2, 0) is 6.54 Å². The van der Waals surface area contributed by atoms with Gasteiger partial charge in [0.15, 0.2) is 0 Å². The average Bonchev–Trinajstić information content (AvgIpc) is 2.60. The molecule has 0 aliphatic rings. The van der Waals surface area contributed by atoms with Gasteiger partial charge < -0.3 is 15.4 Å². The molecule has 2 aromatic rings. The minimum Gasteiger partial charge on any atom is -0.497 e. The van der Waals surface area contributed by atoms with E-state index in [0.29, 0.717) is 18.2 Å². The first-order valence-electron chi connectivity index (χ1n) is 8.13. The molecule has 0 saturated carbocycles. The van der Waals surface area contributed by atoms with E-state index in [1.54, 1.807) is 13.2 Å². The van der Waals surface area contributed by atoms with Gasteiger partial charge in [0, 0.05) is 18.8 Å². The number of benzene rings is 1. The number of hydrogen-bond acceptors (Lipinski definition) is 5. The van der Waals surface area contributed by atoms with E-state index in [9.17, 15) is 4.79 Å². The fraction of sp³-hybridized carbons (Fsp3) is 0.389. The number of carbonyl (C=O) groups excluding carboxylic acids is 1. The van der Waals surface area contributed by atoms with Crippen LogP contribution in [0.3, 0.4) is 0 Å². The van der Waals surface area contributed by atoms with Gasteiger partial charge in [-0.1, -0.05) is 25.5 Å². The molecule has 1 heterocycles. The Morgan fingerprint density at radius 1 is 1.21 bits per heavy atom. The fourth-order valence-electron chi connectivity index (χ4n) is 2.16. The van der Waals surface area contributed by atoms with E-state index in [1.165, 1.54) is 0 Å². The second-order valence-electron chi connectivity index (χ2n) is 5.53. The summed E-state index contributed by atoms with van der Waals surface area (Å²) in [4.78, 5) is 20.9. The molecule has 1 aromatic carbocycles. The van der Waals surface area contributed by atoms with Crippen molar-refractivity contribution >= 4 is 11.9 Å². The van der Waals surface area contributed by atoms with Crippen molar-refractivity contribution in [1.29, 1.82) is 0 Å². The molecule has 6 nitrogen and oxygen atoms in total. The summed E-state index contributed by atoms with van der Waals surface area (Å²) in [7, 11) is 1.63. The molecular weight excluding hydrogens is 304 g/mol. The van der Waals surface area contributed by atoms with Crippen LogP contribution in [0.5, 0.6) is 5.75 Å². The van der Waals surface area contributed by atoms with E-state index in [2.05, 4.69) is 27.5 Å². The maximum Gasteiger partial charge on any atom is 0.270 e. The van der Waals surface area contributed by atoms with E-state index >= 15 is 0 Å². The molecule has 0 aliphatic carbocycles. The van der Waals surface area contributed by atoms with Gasteiger partial charge in [0.05, 0.1) is 7.11 Å². The quantitative estimate of drug-likeness (QED) is 0.729. The van der Waals surface area contributed by atoms with E-state index in [-0.39, 0.29) is 5.91 Å².